The van der Waals surface area contributed by atoms with Crippen LogP contribution in [0.2, 0.25) is 0 Å². The van der Waals surface area contributed by atoms with Gasteiger partial charge in [0.2, 0.25) is 5.91 Å². The van der Waals surface area contributed by atoms with E-state index in [1.165, 1.54) is 0 Å². The summed E-state index contributed by atoms with van der Waals surface area (Å²) in [5.41, 5.74) is 4.96. The van der Waals surface area contributed by atoms with Gasteiger partial charge >= 0.3 is 12.0 Å². The number of hydrogen-bond acceptors (Lipinski definition) is 3. The average molecular weight is 486 g/mol. The number of carbonyl (C=O) groups is 3. The van der Waals surface area contributed by atoms with E-state index in [0.29, 0.717) is 12.8 Å². The van der Waals surface area contributed by atoms with E-state index in [2.05, 4.69) is 78.3 Å². The van der Waals surface area contributed by atoms with Crippen molar-refractivity contribution in [3.8, 4) is 0 Å². The fraction of sp³-hybridized carbons (Fsp3) is 0.464. The Morgan fingerprint density at radius 2 is 1.23 bits per heavy atom. The van der Waals surface area contributed by atoms with Crippen LogP contribution in [0.5, 0.6) is 0 Å². The van der Waals surface area contributed by atoms with Crippen molar-refractivity contribution in [1.29, 1.82) is 0 Å². The van der Waals surface area contributed by atoms with Crippen LogP contribution in [-0.4, -0.2) is 35.6 Å². The minimum Gasteiger partial charge on any atom is -0.480 e. The molecule has 0 aromatic carbocycles. The second-order valence-electron chi connectivity index (χ2n) is 7.85. The van der Waals surface area contributed by atoms with Gasteiger partial charge in [0, 0.05) is 13.0 Å². The normalized spacial score (nSPS) is 13.2. The van der Waals surface area contributed by atoms with Gasteiger partial charge in [-0.2, -0.15) is 0 Å². The molecule has 5 N–H and O–H groups in total. The summed E-state index contributed by atoms with van der Waals surface area (Å²) in [6.45, 7) is 2.41. The third-order valence-electron chi connectivity index (χ3n) is 4.74. The predicted octanol–water partition coefficient (Wildman–Crippen LogP) is 5.48. The topological polar surface area (TPSA) is 122 Å². The number of hydrogen-bond donors (Lipinski definition) is 4. The Bertz CT molecular complexity index is 764. The van der Waals surface area contributed by atoms with Crippen LogP contribution in [0.25, 0.3) is 0 Å². The first-order chi connectivity index (χ1) is 17.0. The maximum Gasteiger partial charge on any atom is 0.326 e. The molecule has 0 aliphatic rings. The van der Waals surface area contributed by atoms with Gasteiger partial charge in [0.25, 0.3) is 0 Å². The molecule has 0 radical (unpaired) electrons. The lowest BCUT2D eigenvalue weighted by Crippen LogP contribution is -2.41. The van der Waals surface area contributed by atoms with Crippen molar-refractivity contribution in [3.63, 3.8) is 0 Å². The Balaban J connectivity index is 3.85. The van der Waals surface area contributed by atoms with Crippen molar-refractivity contribution in [2.45, 2.75) is 77.2 Å². The molecule has 3 amide bonds. The molecule has 0 aliphatic carbocycles. The van der Waals surface area contributed by atoms with Crippen molar-refractivity contribution in [2.75, 3.05) is 6.54 Å². The number of primary amides is 1. The van der Waals surface area contributed by atoms with Gasteiger partial charge in [-0.05, 0) is 57.8 Å². The summed E-state index contributed by atoms with van der Waals surface area (Å²) in [7, 11) is 0. The summed E-state index contributed by atoms with van der Waals surface area (Å²) in [6, 6.07) is -1.63. The summed E-state index contributed by atoms with van der Waals surface area (Å²) in [4.78, 5) is 33.8. The summed E-state index contributed by atoms with van der Waals surface area (Å²) in [6.07, 6.45) is 32.6. The van der Waals surface area contributed by atoms with Gasteiger partial charge in [0.1, 0.15) is 6.04 Å². The highest BCUT2D eigenvalue weighted by atomic mass is 16.4. The number of carboxylic acid groups (broad SMARTS) is 1. The molecule has 35 heavy (non-hydrogen) atoms. The Labute approximate surface area is 210 Å². The summed E-state index contributed by atoms with van der Waals surface area (Å²) in [5.74, 6) is -1.40. The first kappa shape index (κ1) is 31.6. The monoisotopic (exact) mass is 485 g/mol. The number of nitrogens with two attached hydrogens (primary N) is 1. The number of rotatable bonds is 20. The fourth-order valence-electron chi connectivity index (χ4n) is 2.90. The Hall–Kier alpha value is -3.35. The second kappa shape index (κ2) is 23.8. The molecule has 0 saturated heterocycles. The molecule has 1 atom stereocenters. The minimum absolute atomic E-state index is 0.223. The second-order valence-corrected chi connectivity index (χ2v) is 7.85. The maximum atomic E-state index is 12.0. The molecule has 0 aromatic heterocycles. The lowest BCUT2D eigenvalue weighted by molar-refractivity contribution is -0.142. The van der Waals surface area contributed by atoms with Crippen LogP contribution in [0.15, 0.2) is 72.9 Å². The molecule has 0 fully saturated rings. The number of nitrogens with one attached hydrogen (secondary N) is 2. The first-order valence-electron chi connectivity index (χ1n) is 12.4. The number of urea groups is 1. The van der Waals surface area contributed by atoms with Crippen molar-refractivity contribution >= 4 is 17.9 Å². The molecule has 0 rings (SSSR count). The molecule has 0 aromatic rings. The van der Waals surface area contributed by atoms with Crippen LogP contribution >= 0.6 is 0 Å². The van der Waals surface area contributed by atoms with Gasteiger partial charge in [0.15, 0.2) is 0 Å². The van der Waals surface area contributed by atoms with Crippen molar-refractivity contribution in [3.05, 3.63) is 72.9 Å². The molecule has 0 aliphatic heterocycles. The van der Waals surface area contributed by atoms with Crippen molar-refractivity contribution in [2.24, 2.45) is 5.73 Å². The third-order valence-corrected chi connectivity index (χ3v) is 4.74. The van der Waals surface area contributed by atoms with E-state index in [0.717, 1.165) is 38.5 Å². The average Bonchev–Trinajstić information content (AvgIpc) is 2.82. The molecule has 0 unspecified atom stereocenters. The van der Waals surface area contributed by atoms with E-state index in [1.54, 1.807) is 0 Å². The van der Waals surface area contributed by atoms with E-state index < -0.39 is 18.0 Å². The van der Waals surface area contributed by atoms with E-state index in [4.69, 9.17) is 5.73 Å². The standard InChI is InChI=1S/C28H43N3O4/c1-2-3-4-5-6-7-8-9-10-11-12-13-14-15-16-17-18-19-20-23-26(32)31-25(27(33)34)22-21-24-30-28(29)35/h3-4,6-7,9-10,12-13,15-16,18-19,25H,2,5,8,11,14,17,20-24H2,1H3,(H,31,32)(H,33,34)(H3,29,30,35)/b4-3-,7-6-,10-9-,13-12-,16-15-,19-18-/t25-/m0/s1. The van der Waals surface area contributed by atoms with Gasteiger partial charge in [-0.1, -0.05) is 79.8 Å². The van der Waals surface area contributed by atoms with Gasteiger partial charge in [-0.3, -0.25) is 4.79 Å². The van der Waals surface area contributed by atoms with E-state index in [9.17, 15) is 19.5 Å². The largest absolute Gasteiger partial charge is 0.480 e. The zero-order chi connectivity index (χ0) is 26.0. The molecule has 0 saturated carbocycles. The molecule has 7 heteroatoms. The number of aliphatic carboxylic acids is 1. The maximum absolute atomic E-state index is 12.0. The lowest BCUT2D eigenvalue weighted by atomic mass is 10.1. The Morgan fingerprint density at radius 1 is 0.771 bits per heavy atom. The van der Waals surface area contributed by atoms with Gasteiger partial charge < -0.3 is 21.5 Å². The van der Waals surface area contributed by atoms with E-state index in [1.807, 2.05) is 12.2 Å². The minimum atomic E-state index is -1.09. The summed E-state index contributed by atoms with van der Waals surface area (Å²) < 4.78 is 0. The molecule has 7 nitrogen and oxygen atoms in total. The zero-order valence-corrected chi connectivity index (χ0v) is 21.0. The van der Waals surface area contributed by atoms with Crippen LogP contribution in [0, 0.1) is 0 Å². The number of carboxylic acids is 1. The van der Waals surface area contributed by atoms with Crippen molar-refractivity contribution in [1.82, 2.24) is 10.6 Å². The first-order valence-corrected chi connectivity index (χ1v) is 12.4. The van der Waals surface area contributed by atoms with Crippen LogP contribution < -0.4 is 16.4 Å². The molecule has 0 heterocycles. The molecule has 0 spiro atoms. The Morgan fingerprint density at radius 3 is 1.66 bits per heavy atom. The van der Waals surface area contributed by atoms with Crippen LogP contribution in [0.4, 0.5) is 4.79 Å². The van der Waals surface area contributed by atoms with Gasteiger partial charge in [-0.15, -0.1) is 0 Å². The highest BCUT2D eigenvalue weighted by Gasteiger charge is 2.18. The van der Waals surface area contributed by atoms with E-state index in [-0.39, 0.29) is 25.3 Å². The summed E-state index contributed by atoms with van der Waals surface area (Å²) in [5, 5.41) is 14.1. The van der Waals surface area contributed by atoms with Crippen LogP contribution in [-0.2, 0) is 9.59 Å². The van der Waals surface area contributed by atoms with Gasteiger partial charge in [-0.25, -0.2) is 9.59 Å². The van der Waals surface area contributed by atoms with Crippen LogP contribution in [0.3, 0.4) is 0 Å². The third kappa shape index (κ3) is 23.6. The zero-order valence-electron chi connectivity index (χ0n) is 21.0. The Kier molecular flexibility index (Phi) is 21.5. The smallest absolute Gasteiger partial charge is 0.326 e. The van der Waals surface area contributed by atoms with Crippen LogP contribution in [0.1, 0.15) is 71.1 Å². The molecular formula is C28H43N3O4. The fourth-order valence-corrected chi connectivity index (χ4v) is 2.90. The lowest BCUT2D eigenvalue weighted by Gasteiger charge is -2.14. The van der Waals surface area contributed by atoms with Gasteiger partial charge in [0.05, 0.1) is 0 Å². The number of allylic oxidation sites excluding steroid dienone is 12. The number of amides is 3. The SMILES string of the molecule is CC/C=C\C/C=C\C/C=C\C/C=C\C/C=C\C/C=C\CCC(=O)N[C@@H](CCCNC(N)=O)C(=O)O. The predicted molar refractivity (Wildman–Crippen MR) is 144 cm³/mol. The molecule has 0 bridgehead atoms. The highest BCUT2D eigenvalue weighted by molar-refractivity contribution is 5.83. The number of carbonyl (C=O) groups excluding carboxylic acids is 2. The van der Waals surface area contributed by atoms with Crippen molar-refractivity contribution < 1.29 is 19.5 Å². The summed E-state index contributed by atoms with van der Waals surface area (Å²) >= 11 is 0. The van der Waals surface area contributed by atoms with E-state index >= 15 is 0 Å². The quantitative estimate of drug-likeness (QED) is 0.135. The highest BCUT2D eigenvalue weighted by Crippen LogP contribution is 2.01. The molecular weight excluding hydrogens is 442 g/mol. The molecule has 194 valence electrons.